The third kappa shape index (κ3) is 3.13. The van der Waals surface area contributed by atoms with Gasteiger partial charge in [-0.25, -0.2) is 4.98 Å². The Morgan fingerprint density at radius 3 is 2.72 bits per heavy atom. The molecule has 0 saturated carbocycles. The molecule has 2 aromatic rings. The monoisotopic (exact) mass is 264 g/mol. The second-order valence-electron chi connectivity index (χ2n) is 3.90. The predicted molar refractivity (Wildman–Crippen MR) is 73.2 cm³/mol. The first-order valence-electron chi connectivity index (χ1n) is 5.73. The van der Waals surface area contributed by atoms with E-state index in [4.69, 9.17) is 0 Å². The van der Waals surface area contributed by atoms with E-state index in [-0.39, 0.29) is 0 Å². The number of nitrogens with one attached hydrogen (secondary N) is 1. The third-order valence-corrected chi connectivity index (χ3v) is 2.98. The maximum Gasteiger partial charge on any atom is 0.229 e. The van der Waals surface area contributed by atoms with E-state index in [2.05, 4.69) is 25.3 Å². The Kier molecular flexibility index (Phi) is 4.03. The summed E-state index contributed by atoms with van der Waals surface area (Å²) in [5.41, 5.74) is 0. The zero-order valence-electron chi connectivity index (χ0n) is 10.7. The average molecular weight is 264 g/mol. The van der Waals surface area contributed by atoms with Crippen molar-refractivity contribution in [2.45, 2.75) is 13.3 Å². The molecular formula is C11H16N6S. The Bertz CT molecular complexity index is 496. The zero-order chi connectivity index (χ0) is 13.0. The van der Waals surface area contributed by atoms with Crippen molar-refractivity contribution in [2.24, 2.45) is 0 Å². The Morgan fingerprint density at radius 2 is 2.11 bits per heavy atom. The number of nitrogens with zero attached hydrogens (tertiary/aromatic N) is 5. The number of hydrogen-bond acceptors (Lipinski definition) is 7. The molecule has 0 unspecified atom stereocenters. The van der Waals surface area contributed by atoms with E-state index < -0.39 is 0 Å². The molecule has 0 fully saturated rings. The molecule has 2 heterocycles. The minimum Gasteiger partial charge on any atom is -0.354 e. The minimum absolute atomic E-state index is 0.614. The van der Waals surface area contributed by atoms with Gasteiger partial charge in [0.15, 0.2) is 0 Å². The molecule has 18 heavy (non-hydrogen) atoms. The second-order valence-corrected chi connectivity index (χ2v) is 4.88. The molecular weight excluding hydrogens is 248 g/mol. The first kappa shape index (κ1) is 12.7. The van der Waals surface area contributed by atoms with Crippen LogP contribution in [0.1, 0.15) is 17.8 Å². The van der Waals surface area contributed by atoms with Crippen LogP contribution in [-0.2, 0) is 6.42 Å². The number of rotatable bonds is 5. The second kappa shape index (κ2) is 5.72. The van der Waals surface area contributed by atoms with Crippen LogP contribution in [0.4, 0.5) is 11.9 Å². The van der Waals surface area contributed by atoms with E-state index in [0.29, 0.717) is 18.3 Å². The van der Waals surface area contributed by atoms with Gasteiger partial charge in [-0.2, -0.15) is 15.0 Å². The number of hydrogen-bond donors (Lipinski definition) is 1. The van der Waals surface area contributed by atoms with Crippen LogP contribution in [0.3, 0.4) is 0 Å². The summed E-state index contributed by atoms with van der Waals surface area (Å²) in [6, 6.07) is 0. The maximum absolute atomic E-state index is 4.42. The molecule has 0 aliphatic heterocycles. The molecule has 0 aliphatic rings. The van der Waals surface area contributed by atoms with Crippen LogP contribution in [0.5, 0.6) is 0 Å². The van der Waals surface area contributed by atoms with Crippen molar-refractivity contribution in [1.82, 2.24) is 19.9 Å². The average Bonchev–Trinajstić information content (AvgIpc) is 2.82. The molecule has 0 atom stereocenters. The highest BCUT2D eigenvalue weighted by atomic mass is 32.1. The molecule has 2 rings (SSSR count). The minimum atomic E-state index is 0.614. The highest BCUT2D eigenvalue weighted by Gasteiger charge is 2.09. The van der Waals surface area contributed by atoms with Gasteiger partial charge in [-0.3, -0.25) is 0 Å². The van der Waals surface area contributed by atoms with Crippen LogP contribution in [0, 0.1) is 0 Å². The lowest BCUT2D eigenvalue weighted by molar-refractivity contribution is 0.877. The largest absolute Gasteiger partial charge is 0.354 e. The number of thiazole rings is 1. The molecule has 0 bridgehead atoms. The molecule has 0 spiro atoms. The molecule has 7 heteroatoms. The quantitative estimate of drug-likeness (QED) is 0.881. The standard InChI is InChI=1S/C11H16N6S/c1-4-12-10-14-8(7-9-13-5-6-18-9)15-11(16-10)17(2)3/h5-6H,4,7H2,1-3H3,(H,12,14,15,16). The topological polar surface area (TPSA) is 66.8 Å². The molecule has 0 radical (unpaired) electrons. The SMILES string of the molecule is CCNc1nc(Cc2nccs2)nc(N(C)C)n1. The van der Waals surface area contributed by atoms with Crippen molar-refractivity contribution in [2.75, 3.05) is 30.9 Å². The van der Waals surface area contributed by atoms with Gasteiger partial charge < -0.3 is 10.2 Å². The van der Waals surface area contributed by atoms with Crippen LogP contribution in [0.15, 0.2) is 11.6 Å². The summed E-state index contributed by atoms with van der Waals surface area (Å²) in [5, 5.41) is 6.08. The Balaban J connectivity index is 2.27. The summed E-state index contributed by atoms with van der Waals surface area (Å²) in [6.07, 6.45) is 2.43. The van der Waals surface area contributed by atoms with E-state index in [1.165, 1.54) is 0 Å². The van der Waals surface area contributed by atoms with Crippen LogP contribution in [0.2, 0.25) is 0 Å². The predicted octanol–water partition coefficient (Wildman–Crippen LogP) is 1.42. The van der Waals surface area contributed by atoms with Crippen LogP contribution < -0.4 is 10.2 Å². The third-order valence-electron chi connectivity index (χ3n) is 2.20. The van der Waals surface area contributed by atoms with Gasteiger partial charge in [-0.1, -0.05) is 0 Å². The fraction of sp³-hybridized carbons (Fsp3) is 0.455. The summed E-state index contributed by atoms with van der Waals surface area (Å²) in [7, 11) is 3.83. The maximum atomic E-state index is 4.42. The lowest BCUT2D eigenvalue weighted by Crippen LogP contribution is -2.17. The van der Waals surface area contributed by atoms with Crippen molar-refractivity contribution in [1.29, 1.82) is 0 Å². The van der Waals surface area contributed by atoms with Crippen LogP contribution in [-0.4, -0.2) is 40.6 Å². The molecule has 1 N–H and O–H groups in total. The van der Waals surface area contributed by atoms with E-state index in [9.17, 15) is 0 Å². The summed E-state index contributed by atoms with van der Waals surface area (Å²) in [4.78, 5) is 19.2. The van der Waals surface area contributed by atoms with Gasteiger partial charge in [0.1, 0.15) is 10.8 Å². The van der Waals surface area contributed by atoms with Gasteiger partial charge in [0.25, 0.3) is 0 Å². The van der Waals surface area contributed by atoms with E-state index in [1.807, 2.05) is 31.3 Å². The van der Waals surface area contributed by atoms with Crippen molar-refractivity contribution in [3.63, 3.8) is 0 Å². The van der Waals surface area contributed by atoms with Gasteiger partial charge in [0.2, 0.25) is 11.9 Å². The highest BCUT2D eigenvalue weighted by Crippen LogP contribution is 2.13. The van der Waals surface area contributed by atoms with Crippen molar-refractivity contribution in [3.05, 3.63) is 22.4 Å². The fourth-order valence-electron chi connectivity index (χ4n) is 1.40. The molecule has 0 saturated heterocycles. The van der Waals surface area contributed by atoms with E-state index in [0.717, 1.165) is 17.4 Å². The summed E-state index contributed by atoms with van der Waals surface area (Å²) < 4.78 is 0. The van der Waals surface area contributed by atoms with Gasteiger partial charge in [0.05, 0.1) is 6.42 Å². The van der Waals surface area contributed by atoms with Gasteiger partial charge in [-0.15, -0.1) is 11.3 Å². The summed E-state index contributed by atoms with van der Waals surface area (Å²) in [5.74, 6) is 2.01. The molecule has 6 nitrogen and oxygen atoms in total. The van der Waals surface area contributed by atoms with E-state index >= 15 is 0 Å². The molecule has 0 aromatic carbocycles. The normalized spacial score (nSPS) is 10.4. The molecule has 96 valence electrons. The van der Waals surface area contributed by atoms with Crippen LogP contribution >= 0.6 is 11.3 Å². The lowest BCUT2D eigenvalue weighted by atomic mass is 10.4. The number of anilines is 2. The first-order chi connectivity index (χ1) is 8.69. The van der Waals surface area contributed by atoms with Crippen molar-refractivity contribution >= 4 is 23.2 Å². The van der Waals surface area contributed by atoms with Gasteiger partial charge >= 0.3 is 0 Å². The Morgan fingerprint density at radius 1 is 1.28 bits per heavy atom. The zero-order valence-corrected chi connectivity index (χ0v) is 11.5. The number of aromatic nitrogens is 4. The molecule has 2 aromatic heterocycles. The highest BCUT2D eigenvalue weighted by molar-refractivity contribution is 7.09. The first-order valence-corrected chi connectivity index (χ1v) is 6.61. The smallest absolute Gasteiger partial charge is 0.229 e. The van der Waals surface area contributed by atoms with E-state index in [1.54, 1.807) is 17.5 Å². The van der Waals surface area contributed by atoms with Crippen molar-refractivity contribution in [3.8, 4) is 0 Å². The molecule has 0 amide bonds. The van der Waals surface area contributed by atoms with Crippen LogP contribution in [0.25, 0.3) is 0 Å². The Hall–Kier alpha value is -1.76. The van der Waals surface area contributed by atoms with Crippen molar-refractivity contribution < 1.29 is 0 Å². The molecule has 0 aliphatic carbocycles. The summed E-state index contributed by atoms with van der Waals surface area (Å²) >= 11 is 1.61. The lowest BCUT2D eigenvalue weighted by Gasteiger charge is -2.12. The van der Waals surface area contributed by atoms with Gasteiger partial charge in [-0.05, 0) is 6.92 Å². The van der Waals surface area contributed by atoms with Gasteiger partial charge in [0, 0.05) is 32.2 Å². The summed E-state index contributed by atoms with van der Waals surface area (Å²) in [6.45, 7) is 2.80. The fourth-order valence-corrected chi connectivity index (χ4v) is 2.01. The Labute approximate surface area is 110 Å².